The normalized spacial score (nSPS) is 38.5. The summed E-state index contributed by atoms with van der Waals surface area (Å²) in [6.07, 6.45) is 3.04. The van der Waals surface area contributed by atoms with E-state index in [0.29, 0.717) is 5.92 Å². The molecule has 1 rings (SSSR count). The Hall–Kier alpha value is -0.530. The van der Waals surface area contributed by atoms with Crippen LogP contribution in [0, 0.1) is 17.8 Å². The summed E-state index contributed by atoms with van der Waals surface area (Å²) in [6, 6.07) is 0. The molecule has 11 heavy (non-hydrogen) atoms. The Bertz CT molecular complexity index is 154. The molecule has 0 aromatic carbocycles. The van der Waals surface area contributed by atoms with Crippen LogP contribution in [-0.2, 0) is 4.79 Å². The Morgan fingerprint density at radius 2 is 2.00 bits per heavy atom. The molecule has 1 saturated carbocycles. The van der Waals surface area contributed by atoms with Crippen LogP contribution in [-0.4, -0.2) is 11.1 Å². The predicted octanol–water partition coefficient (Wildman–Crippen LogP) is 2.14. The van der Waals surface area contributed by atoms with E-state index in [1.54, 1.807) is 0 Å². The molecule has 0 radical (unpaired) electrons. The highest BCUT2D eigenvalue weighted by Crippen LogP contribution is 2.33. The van der Waals surface area contributed by atoms with Gasteiger partial charge in [0.05, 0.1) is 5.92 Å². The molecule has 0 unspecified atom stereocenters. The van der Waals surface area contributed by atoms with Gasteiger partial charge < -0.3 is 5.11 Å². The second-order valence-corrected chi connectivity index (χ2v) is 3.84. The fourth-order valence-electron chi connectivity index (χ4n) is 2.03. The number of carboxylic acids is 1. The highest BCUT2D eigenvalue weighted by molar-refractivity contribution is 5.70. The first-order valence-corrected chi connectivity index (χ1v) is 4.34. The summed E-state index contributed by atoms with van der Waals surface area (Å²) in [6.45, 7) is 4.25. The van der Waals surface area contributed by atoms with Crippen molar-refractivity contribution in [1.29, 1.82) is 0 Å². The van der Waals surface area contributed by atoms with Crippen molar-refractivity contribution in [1.82, 2.24) is 0 Å². The molecule has 0 aromatic heterocycles. The molecule has 0 spiro atoms. The molecule has 1 aliphatic carbocycles. The van der Waals surface area contributed by atoms with Crippen molar-refractivity contribution >= 4 is 5.97 Å². The van der Waals surface area contributed by atoms with Crippen LogP contribution >= 0.6 is 0 Å². The maximum atomic E-state index is 10.7. The van der Waals surface area contributed by atoms with Gasteiger partial charge in [0.1, 0.15) is 0 Å². The van der Waals surface area contributed by atoms with Gasteiger partial charge in [-0.05, 0) is 31.1 Å². The zero-order valence-electron chi connectivity index (χ0n) is 7.21. The molecule has 3 atom stereocenters. The first kappa shape index (κ1) is 8.57. The van der Waals surface area contributed by atoms with E-state index >= 15 is 0 Å². The average molecular weight is 156 g/mol. The lowest BCUT2D eigenvalue weighted by Crippen LogP contribution is -2.27. The maximum Gasteiger partial charge on any atom is 0.306 e. The van der Waals surface area contributed by atoms with Crippen LogP contribution in [0.25, 0.3) is 0 Å². The fraction of sp³-hybridized carbons (Fsp3) is 0.889. The van der Waals surface area contributed by atoms with E-state index in [1.807, 2.05) is 0 Å². The highest BCUT2D eigenvalue weighted by Gasteiger charge is 2.30. The van der Waals surface area contributed by atoms with E-state index in [2.05, 4.69) is 13.8 Å². The fourth-order valence-corrected chi connectivity index (χ4v) is 2.03. The Balaban J connectivity index is 2.50. The van der Waals surface area contributed by atoms with Gasteiger partial charge in [0, 0.05) is 0 Å². The summed E-state index contributed by atoms with van der Waals surface area (Å²) in [7, 11) is 0. The van der Waals surface area contributed by atoms with Crippen molar-refractivity contribution in [3.05, 3.63) is 0 Å². The molecule has 0 amide bonds. The smallest absolute Gasteiger partial charge is 0.306 e. The third-order valence-electron chi connectivity index (χ3n) is 2.75. The van der Waals surface area contributed by atoms with Gasteiger partial charge in [-0.2, -0.15) is 0 Å². The molecular formula is C9H16O2. The summed E-state index contributed by atoms with van der Waals surface area (Å²) in [5, 5.41) is 8.79. The third kappa shape index (κ3) is 1.95. The van der Waals surface area contributed by atoms with Crippen LogP contribution in [0.5, 0.6) is 0 Å². The van der Waals surface area contributed by atoms with Gasteiger partial charge in [0.15, 0.2) is 0 Å². The Kier molecular flexibility index (Phi) is 2.53. The number of hydrogen-bond donors (Lipinski definition) is 1. The van der Waals surface area contributed by atoms with Crippen LogP contribution in [0.3, 0.4) is 0 Å². The molecule has 0 aliphatic heterocycles. The first-order chi connectivity index (χ1) is 5.11. The van der Waals surface area contributed by atoms with E-state index in [9.17, 15) is 4.79 Å². The molecule has 64 valence electrons. The zero-order valence-corrected chi connectivity index (χ0v) is 7.21. The highest BCUT2D eigenvalue weighted by atomic mass is 16.4. The predicted molar refractivity (Wildman–Crippen MR) is 43.3 cm³/mol. The molecule has 2 heteroatoms. The van der Waals surface area contributed by atoms with E-state index in [-0.39, 0.29) is 5.92 Å². The Morgan fingerprint density at radius 1 is 1.36 bits per heavy atom. The SMILES string of the molecule is C[C@@H]1CC[C@@H](C(=O)O)[C@@H](C)C1. The average Bonchev–Trinajstić information content (AvgIpc) is 1.85. The lowest BCUT2D eigenvalue weighted by molar-refractivity contribution is -0.145. The molecule has 0 saturated heterocycles. The maximum absolute atomic E-state index is 10.7. The molecule has 1 fully saturated rings. The van der Waals surface area contributed by atoms with Crippen molar-refractivity contribution in [3.63, 3.8) is 0 Å². The van der Waals surface area contributed by atoms with Crippen molar-refractivity contribution in [3.8, 4) is 0 Å². The van der Waals surface area contributed by atoms with Gasteiger partial charge in [-0.25, -0.2) is 0 Å². The standard InChI is InChI=1S/C9H16O2/c1-6-3-4-8(9(10)11)7(2)5-6/h6-8H,3-5H2,1-2H3,(H,10,11)/t6-,7+,8-/m1/s1. The minimum atomic E-state index is -0.607. The number of hydrogen-bond acceptors (Lipinski definition) is 1. The van der Waals surface area contributed by atoms with Crippen molar-refractivity contribution in [2.45, 2.75) is 33.1 Å². The summed E-state index contributed by atoms with van der Waals surface area (Å²) in [4.78, 5) is 10.7. The first-order valence-electron chi connectivity index (χ1n) is 4.34. The monoisotopic (exact) mass is 156 g/mol. The van der Waals surface area contributed by atoms with Gasteiger partial charge in [0.25, 0.3) is 0 Å². The number of carbonyl (C=O) groups is 1. The van der Waals surface area contributed by atoms with E-state index in [4.69, 9.17) is 5.11 Å². The van der Waals surface area contributed by atoms with Gasteiger partial charge >= 0.3 is 5.97 Å². The summed E-state index contributed by atoms with van der Waals surface area (Å²) in [5.74, 6) is 0.410. The van der Waals surface area contributed by atoms with Gasteiger partial charge in [-0.15, -0.1) is 0 Å². The van der Waals surface area contributed by atoms with Crippen LogP contribution < -0.4 is 0 Å². The lowest BCUT2D eigenvalue weighted by atomic mass is 9.76. The molecule has 2 nitrogen and oxygen atoms in total. The van der Waals surface area contributed by atoms with Crippen LogP contribution in [0.1, 0.15) is 33.1 Å². The van der Waals surface area contributed by atoms with E-state index < -0.39 is 5.97 Å². The molecule has 1 N–H and O–H groups in total. The number of carboxylic acid groups (broad SMARTS) is 1. The van der Waals surface area contributed by atoms with Crippen molar-refractivity contribution in [2.75, 3.05) is 0 Å². The topological polar surface area (TPSA) is 37.3 Å². The minimum absolute atomic E-state index is 0.0776. The van der Waals surface area contributed by atoms with Crippen LogP contribution in [0.4, 0.5) is 0 Å². The third-order valence-corrected chi connectivity index (χ3v) is 2.75. The van der Waals surface area contributed by atoms with Crippen LogP contribution in [0.15, 0.2) is 0 Å². The molecular weight excluding hydrogens is 140 g/mol. The Labute approximate surface area is 67.6 Å². The van der Waals surface area contributed by atoms with Crippen LogP contribution in [0.2, 0.25) is 0 Å². The van der Waals surface area contributed by atoms with Crippen molar-refractivity contribution < 1.29 is 9.90 Å². The largest absolute Gasteiger partial charge is 0.481 e. The molecule has 0 bridgehead atoms. The summed E-state index contributed by atoms with van der Waals surface area (Å²) >= 11 is 0. The summed E-state index contributed by atoms with van der Waals surface area (Å²) in [5.41, 5.74) is 0. The van der Waals surface area contributed by atoms with E-state index in [0.717, 1.165) is 25.2 Å². The number of aliphatic carboxylic acids is 1. The second kappa shape index (κ2) is 3.24. The second-order valence-electron chi connectivity index (χ2n) is 3.84. The minimum Gasteiger partial charge on any atom is -0.481 e. The quantitative estimate of drug-likeness (QED) is 0.631. The Morgan fingerprint density at radius 3 is 2.45 bits per heavy atom. The van der Waals surface area contributed by atoms with Gasteiger partial charge in [0.2, 0.25) is 0 Å². The van der Waals surface area contributed by atoms with Gasteiger partial charge in [-0.1, -0.05) is 13.8 Å². The van der Waals surface area contributed by atoms with E-state index in [1.165, 1.54) is 0 Å². The van der Waals surface area contributed by atoms with Gasteiger partial charge in [-0.3, -0.25) is 4.79 Å². The molecule has 1 aliphatic rings. The van der Waals surface area contributed by atoms with Crippen molar-refractivity contribution in [2.24, 2.45) is 17.8 Å². The number of rotatable bonds is 1. The summed E-state index contributed by atoms with van der Waals surface area (Å²) < 4.78 is 0. The zero-order chi connectivity index (χ0) is 8.43. The molecule has 0 heterocycles. The molecule has 0 aromatic rings. The lowest BCUT2D eigenvalue weighted by Gasteiger charge is -2.29.